The van der Waals surface area contributed by atoms with E-state index in [0.717, 1.165) is 0 Å². The number of nitrogens with zero attached hydrogens (tertiary/aromatic N) is 1. The van der Waals surface area contributed by atoms with E-state index in [0.29, 0.717) is 19.4 Å². The summed E-state index contributed by atoms with van der Waals surface area (Å²) in [6, 6.07) is 16.4. The lowest BCUT2D eigenvalue weighted by molar-refractivity contribution is -0.143. The molecule has 2 aromatic carbocycles. The number of likely N-dealkylation sites (tertiary alicyclic amines) is 1. The van der Waals surface area contributed by atoms with E-state index in [1.165, 1.54) is 27.2 Å². The highest BCUT2D eigenvalue weighted by atomic mass is 16.6. The fraction of sp³-hybridized carbons (Fsp3) is 0.391. The summed E-state index contributed by atoms with van der Waals surface area (Å²) in [4.78, 5) is 25.2. The van der Waals surface area contributed by atoms with Gasteiger partial charge >= 0.3 is 12.1 Å². The summed E-state index contributed by atoms with van der Waals surface area (Å²) in [5, 5.41) is 9.18. The molecule has 0 radical (unpaired) electrons. The van der Waals surface area contributed by atoms with Crippen LogP contribution in [0.5, 0.6) is 0 Å². The first kappa shape index (κ1) is 19.9. The minimum absolute atomic E-state index is 0.0198. The van der Waals surface area contributed by atoms with Crippen molar-refractivity contribution in [2.75, 3.05) is 19.7 Å². The zero-order valence-electron chi connectivity index (χ0n) is 16.4. The molecule has 5 heteroatoms. The molecule has 1 aliphatic heterocycles. The summed E-state index contributed by atoms with van der Waals surface area (Å²) >= 11 is 0. The molecule has 5 nitrogen and oxygen atoms in total. The molecular formula is C23H27NO4. The molecule has 28 heavy (non-hydrogen) atoms. The first-order valence-electron chi connectivity index (χ1n) is 9.98. The van der Waals surface area contributed by atoms with E-state index < -0.39 is 18.0 Å². The van der Waals surface area contributed by atoms with Crippen molar-refractivity contribution in [1.29, 1.82) is 0 Å². The van der Waals surface area contributed by atoms with Crippen LogP contribution in [0.4, 0.5) is 4.79 Å². The number of piperidine rings is 1. The van der Waals surface area contributed by atoms with Crippen LogP contribution in [-0.4, -0.2) is 41.8 Å². The Morgan fingerprint density at radius 2 is 1.61 bits per heavy atom. The van der Waals surface area contributed by atoms with Crippen molar-refractivity contribution in [3.63, 3.8) is 0 Å². The summed E-state index contributed by atoms with van der Waals surface area (Å²) in [5.74, 6) is -1.32. The molecule has 2 aromatic rings. The molecule has 1 heterocycles. The number of carbonyl (C=O) groups is 2. The molecule has 0 aromatic heterocycles. The number of carboxylic acid groups (broad SMARTS) is 1. The zero-order chi connectivity index (χ0) is 20.1. The van der Waals surface area contributed by atoms with Crippen molar-refractivity contribution in [2.24, 2.45) is 5.92 Å². The normalized spacial score (nSPS) is 17.8. The molecule has 1 unspecified atom stereocenters. The van der Waals surface area contributed by atoms with Crippen LogP contribution >= 0.6 is 0 Å². The van der Waals surface area contributed by atoms with Gasteiger partial charge in [-0.15, -0.1) is 0 Å². The van der Waals surface area contributed by atoms with Gasteiger partial charge in [0.1, 0.15) is 6.61 Å². The first-order valence-corrected chi connectivity index (χ1v) is 9.98. The summed E-state index contributed by atoms with van der Waals surface area (Å²) < 4.78 is 5.60. The third kappa shape index (κ3) is 3.88. The molecule has 1 saturated heterocycles. The van der Waals surface area contributed by atoms with Crippen LogP contribution in [0.25, 0.3) is 11.1 Å². The standard InChI is InChI=1S/C21H21NO4.C2H6/c23-20(24)14-6-5-11-22(12-14)21(25)26-13-19-17-9-3-1-7-15(17)16-8-2-4-10-18(16)19;1-2/h1-4,7-10,14,19H,5-6,11-13H2,(H,23,24);1-2H3. The minimum atomic E-state index is -0.846. The van der Waals surface area contributed by atoms with Crippen LogP contribution in [0.3, 0.4) is 0 Å². The van der Waals surface area contributed by atoms with Gasteiger partial charge in [0, 0.05) is 19.0 Å². The second-order valence-electron chi connectivity index (χ2n) is 6.93. The Bertz CT molecular complexity index is 803. The lowest BCUT2D eigenvalue weighted by Crippen LogP contribution is -2.42. The Hall–Kier alpha value is -2.82. The Morgan fingerprint density at radius 1 is 1.04 bits per heavy atom. The predicted molar refractivity (Wildman–Crippen MR) is 108 cm³/mol. The van der Waals surface area contributed by atoms with Crippen molar-refractivity contribution in [3.8, 4) is 11.1 Å². The first-order chi connectivity index (χ1) is 13.6. The molecule has 4 rings (SSSR count). The van der Waals surface area contributed by atoms with E-state index in [4.69, 9.17) is 4.74 Å². The fourth-order valence-electron chi connectivity index (χ4n) is 4.03. The molecule has 2 aliphatic rings. The Balaban J connectivity index is 0.00000109. The lowest BCUT2D eigenvalue weighted by atomic mass is 9.98. The van der Waals surface area contributed by atoms with Gasteiger partial charge in [0.25, 0.3) is 0 Å². The number of aliphatic carboxylic acids is 1. The highest BCUT2D eigenvalue weighted by molar-refractivity contribution is 5.79. The quantitative estimate of drug-likeness (QED) is 0.832. The number of ether oxygens (including phenoxy) is 1. The summed E-state index contributed by atoms with van der Waals surface area (Å²) in [7, 11) is 0. The van der Waals surface area contributed by atoms with E-state index in [2.05, 4.69) is 24.3 Å². The molecule has 0 spiro atoms. The summed E-state index contributed by atoms with van der Waals surface area (Å²) in [6.45, 7) is 5.05. The lowest BCUT2D eigenvalue weighted by Gasteiger charge is -2.30. The average molecular weight is 381 g/mol. The van der Waals surface area contributed by atoms with Crippen molar-refractivity contribution in [2.45, 2.75) is 32.6 Å². The number of carboxylic acids is 1. The molecule has 148 valence electrons. The van der Waals surface area contributed by atoms with Gasteiger partial charge in [-0.2, -0.15) is 0 Å². The number of fused-ring (bicyclic) bond motifs is 3. The number of rotatable bonds is 3. The van der Waals surface area contributed by atoms with Gasteiger partial charge in [-0.25, -0.2) is 4.79 Å². The van der Waals surface area contributed by atoms with Gasteiger partial charge in [-0.05, 0) is 35.1 Å². The van der Waals surface area contributed by atoms with Crippen molar-refractivity contribution in [3.05, 3.63) is 59.7 Å². The third-order valence-electron chi connectivity index (χ3n) is 5.36. The fourth-order valence-corrected chi connectivity index (χ4v) is 4.03. The average Bonchev–Trinajstić information content (AvgIpc) is 3.07. The van der Waals surface area contributed by atoms with Crippen molar-refractivity contribution < 1.29 is 19.4 Å². The molecule has 1 N–H and O–H groups in total. The maximum Gasteiger partial charge on any atom is 0.409 e. The SMILES string of the molecule is CC.O=C(O)C1CCCN(C(=O)OCC2c3ccccc3-c3ccccc32)C1. The number of hydrogen-bond acceptors (Lipinski definition) is 3. The Kier molecular flexibility index (Phi) is 6.34. The minimum Gasteiger partial charge on any atom is -0.481 e. The molecule has 1 atom stereocenters. The zero-order valence-corrected chi connectivity index (χ0v) is 16.4. The summed E-state index contributed by atoms with van der Waals surface area (Å²) in [6.07, 6.45) is 0.890. The van der Waals surface area contributed by atoms with Gasteiger partial charge in [0.05, 0.1) is 5.92 Å². The number of hydrogen-bond donors (Lipinski definition) is 1. The van der Waals surface area contributed by atoms with Gasteiger partial charge in [0.2, 0.25) is 0 Å². The van der Waals surface area contributed by atoms with Crippen molar-refractivity contribution >= 4 is 12.1 Å². The second kappa shape index (κ2) is 8.91. The van der Waals surface area contributed by atoms with E-state index in [1.54, 1.807) is 0 Å². The van der Waals surface area contributed by atoms with E-state index in [1.807, 2.05) is 38.1 Å². The van der Waals surface area contributed by atoms with Crippen molar-refractivity contribution in [1.82, 2.24) is 4.90 Å². The molecule has 1 fully saturated rings. The van der Waals surface area contributed by atoms with Crippen LogP contribution in [-0.2, 0) is 9.53 Å². The molecule has 1 amide bonds. The van der Waals surface area contributed by atoms with E-state index in [-0.39, 0.29) is 19.1 Å². The maximum atomic E-state index is 12.5. The van der Waals surface area contributed by atoms with Crippen LogP contribution < -0.4 is 0 Å². The smallest absolute Gasteiger partial charge is 0.409 e. The largest absolute Gasteiger partial charge is 0.481 e. The van der Waals surface area contributed by atoms with Crippen LogP contribution in [0.1, 0.15) is 43.7 Å². The van der Waals surface area contributed by atoms with E-state index >= 15 is 0 Å². The highest BCUT2D eigenvalue weighted by Crippen LogP contribution is 2.44. The molecule has 0 bridgehead atoms. The van der Waals surface area contributed by atoms with Crippen LogP contribution in [0.2, 0.25) is 0 Å². The number of benzene rings is 2. The summed E-state index contributed by atoms with van der Waals surface area (Å²) in [5.41, 5.74) is 4.72. The monoisotopic (exact) mass is 381 g/mol. The second-order valence-corrected chi connectivity index (χ2v) is 6.93. The van der Waals surface area contributed by atoms with Gasteiger partial charge < -0.3 is 14.7 Å². The third-order valence-corrected chi connectivity index (χ3v) is 5.36. The van der Waals surface area contributed by atoms with Gasteiger partial charge in [-0.1, -0.05) is 62.4 Å². The van der Waals surface area contributed by atoms with E-state index in [9.17, 15) is 14.7 Å². The van der Waals surface area contributed by atoms with Crippen LogP contribution in [0, 0.1) is 5.92 Å². The maximum absolute atomic E-state index is 12.5. The van der Waals surface area contributed by atoms with Crippen LogP contribution in [0.15, 0.2) is 48.5 Å². The number of amides is 1. The topological polar surface area (TPSA) is 66.8 Å². The molecule has 1 aliphatic carbocycles. The number of carbonyl (C=O) groups excluding carboxylic acids is 1. The Morgan fingerprint density at radius 3 is 2.18 bits per heavy atom. The molecule has 0 saturated carbocycles. The Labute approximate surface area is 165 Å². The highest BCUT2D eigenvalue weighted by Gasteiger charge is 2.32. The van der Waals surface area contributed by atoms with Gasteiger partial charge in [-0.3, -0.25) is 4.79 Å². The van der Waals surface area contributed by atoms with Gasteiger partial charge in [0.15, 0.2) is 0 Å². The molecular weight excluding hydrogens is 354 g/mol. The predicted octanol–water partition coefficient (Wildman–Crippen LogP) is 4.76.